The molecule has 0 aromatic heterocycles. The molecule has 29 heavy (non-hydrogen) atoms. The van der Waals surface area contributed by atoms with Gasteiger partial charge in [0.1, 0.15) is 0 Å². The number of piperazine rings is 1. The minimum Gasteiger partial charge on any atom is -0.493 e. The van der Waals surface area contributed by atoms with Crippen molar-refractivity contribution in [3.8, 4) is 11.5 Å². The lowest BCUT2D eigenvalue weighted by Crippen LogP contribution is -2.50. The van der Waals surface area contributed by atoms with E-state index in [1.807, 2.05) is 13.8 Å². The molecule has 8 heteroatoms. The lowest BCUT2D eigenvalue weighted by Gasteiger charge is -2.34. The number of aryl methyl sites for hydroxylation is 1. The Hall–Kier alpha value is -2.58. The van der Waals surface area contributed by atoms with Gasteiger partial charge in [-0.25, -0.2) is 8.42 Å². The normalized spacial score (nSPS) is 15.2. The molecule has 0 spiro atoms. The third-order valence-corrected chi connectivity index (χ3v) is 6.81. The SMILES string of the molecule is CCOc1ccc(C(=O)N2CCN(S(=O)(=O)c3ccc(C)cc3)CC2)cc1OC. The third-order valence-electron chi connectivity index (χ3n) is 4.90. The van der Waals surface area contributed by atoms with Gasteiger partial charge in [-0.3, -0.25) is 4.79 Å². The molecular formula is C21H26N2O5S. The van der Waals surface area contributed by atoms with Crippen LogP contribution in [-0.2, 0) is 10.0 Å². The van der Waals surface area contributed by atoms with Gasteiger partial charge in [-0.05, 0) is 44.2 Å². The smallest absolute Gasteiger partial charge is 0.254 e. The van der Waals surface area contributed by atoms with Gasteiger partial charge in [0.25, 0.3) is 5.91 Å². The van der Waals surface area contributed by atoms with Gasteiger partial charge in [0.15, 0.2) is 11.5 Å². The quantitative estimate of drug-likeness (QED) is 0.721. The Balaban J connectivity index is 1.69. The van der Waals surface area contributed by atoms with Gasteiger partial charge in [0, 0.05) is 31.7 Å². The molecule has 1 amide bonds. The first kappa shape index (κ1) is 21.1. The Bertz CT molecular complexity index is 965. The van der Waals surface area contributed by atoms with Crippen molar-refractivity contribution >= 4 is 15.9 Å². The van der Waals surface area contributed by atoms with E-state index in [9.17, 15) is 13.2 Å². The summed E-state index contributed by atoms with van der Waals surface area (Å²) in [6.45, 7) is 5.48. The van der Waals surface area contributed by atoms with E-state index in [0.29, 0.717) is 36.8 Å². The van der Waals surface area contributed by atoms with Crippen LogP contribution in [0.2, 0.25) is 0 Å². The van der Waals surface area contributed by atoms with E-state index in [-0.39, 0.29) is 23.9 Å². The Morgan fingerprint density at radius 3 is 2.24 bits per heavy atom. The van der Waals surface area contributed by atoms with Gasteiger partial charge < -0.3 is 14.4 Å². The van der Waals surface area contributed by atoms with Crippen molar-refractivity contribution in [3.05, 3.63) is 53.6 Å². The van der Waals surface area contributed by atoms with Crippen molar-refractivity contribution in [2.45, 2.75) is 18.7 Å². The molecule has 1 saturated heterocycles. The molecule has 7 nitrogen and oxygen atoms in total. The summed E-state index contributed by atoms with van der Waals surface area (Å²) in [5.41, 5.74) is 1.49. The Kier molecular flexibility index (Phi) is 6.44. The summed E-state index contributed by atoms with van der Waals surface area (Å²) in [5.74, 6) is 0.928. The maximum Gasteiger partial charge on any atom is 0.254 e. The molecule has 1 aliphatic heterocycles. The predicted octanol–water partition coefficient (Wildman–Crippen LogP) is 2.55. The molecule has 0 unspecified atom stereocenters. The summed E-state index contributed by atoms with van der Waals surface area (Å²) in [5, 5.41) is 0. The molecule has 0 atom stereocenters. The zero-order valence-electron chi connectivity index (χ0n) is 16.9. The zero-order valence-corrected chi connectivity index (χ0v) is 17.7. The number of hydrogen-bond acceptors (Lipinski definition) is 5. The topological polar surface area (TPSA) is 76.2 Å². The molecule has 2 aromatic rings. The van der Waals surface area contributed by atoms with Crippen LogP contribution in [0.5, 0.6) is 11.5 Å². The van der Waals surface area contributed by atoms with Crippen molar-refractivity contribution in [1.82, 2.24) is 9.21 Å². The van der Waals surface area contributed by atoms with Crippen molar-refractivity contribution in [1.29, 1.82) is 0 Å². The maximum atomic E-state index is 12.9. The van der Waals surface area contributed by atoms with E-state index < -0.39 is 10.0 Å². The van der Waals surface area contributed by atoms with Gasteiger partial charge in [0.2, 0.25) is 10.0 Å². The standard InChI is InChI=1S/C21H26N2O5S/c1-4-28-19-10-7-17(15-20(19)27-3)21(24)22-11-13-23(14-12-22)29(25,26)18-8-5-16(2)6-9-18/h5-10,15H,4,11-14H2,1-3H3. The van der Waals surface area contributed by atoms with Gasteiger partial charge in [-0.15, -0.1) is 0 Å². The van der Waals surface area contributed by atoms with Crippen LogP contribution >= 0.6 is 0 Å². The van der Waals surface area contributed by atoms with E-state index >= 15 is 0 Å². The number of sulfonamides is 1. The number of hydrogen-bond donors (Lipinski definition) is 0. The highest BCUT2D eigenvalue weighted by atomic mass is 32.2. The predicted molar refractivity (Wildman–Crippen MR) is 110 cm³/mol. The van der Waals surface area contributed by atoms with Crippen LogP contribution < -0.4 is 9.47 Å². The van der Waals surface area contributed by atoms with Crippen LogP contribution in [0.15, 0.2) is 47.4 Å². The number of nitrogens with zero attached hydrogens (tertiary/aromatic N) is 2. The molecular weight excluding hydrogens is 392 g/mol. The highest BCUT2D eigenvalue weighted by Gasteiger charge is 2.30. The molecule has 3 rings (SSSR count). The molecule has 1 heterocycles. The number of carbonyl (C=O) groups is 1. The number of benzene rings is 2. The van der Waals surface area contributed by atoms with E-state index in [2.05, 4.69) is 0 Å². The summed E-state index contributed by atoms with van der Waals surface area (Å²) in [6.07, 6.45) is 0. The second-order valence-corrected chi connectivity index (χ2v) is 8.75. The molecule has 0 bridgehead atoms. The van der Waals surface area contributed by atoms with E-state index in [4.69, 9.17) is 9.47 Å². The molecule has 0 N–H and O–H groups in total. The van der Waals surface area contributed by atoms with Crippen LogP contribution in [-0.4, -0.2) is 63.4 Å². The van der Waals surface area contributed by atoms with Crippen LogP contribution in [0.3, 0.4) is 0 Å². The highest BCUT2D eigenvalue weighted by molar-refractivity contribution is 7.89. The molecule has 1 aliphatic rings. The van der Waals surface area contributed by atoms with E-state index in [1.165, 1.54) is 11.4 Å². The monoisotopic (exact) mass is 418 g/mol. The fourth-order valence-electron chi connectivity index (χ4n) is 3.25. The second-order valence-electron chi connectivity index (χ2n) is 6.81. The average Bonchev–Trinajstić information content (AvgIpc) is 2.74. The zero-order chi connectivity index (χ0) is 21.0. The summed E-state index contributed by atoms with van der Waals surface area (Å²) >= 11 is 0. The lowest BCUT2D eigenvalue weighted by atomic mass is 10.1. The first-order valence-electron chi connectivity index (χ1n) is 9.53. The van der Waals surface area contributed by atoms with Crippen LogP contribution in [0.25, 0.3) is 0 Å². The summed E-state index contributed by atoms with van der Waals surface area (Å²) in [4.78, 5) is 14.8. The number of rotatable bonds is 6. The first-order valence-corrected chi connectivity index (χ1v) is 11.0. The minimum atomic E-state index is -3.56. The van der Waals surface area contributed by atoms with Crippen LogP contribution in [0.1, 0.15) is 22.8 Å². The Labute approximate surface area is 171 Å². The first-order chi connectivity index (χ1) is 13.9. The van der Waals surface area contributed by atoms with Crippen LogP contribution in [0, 0.1) is 6.92 Å². The molecule has 0 radical (unpaired) electrons. The summed E-state index contributed by atoms with van der Waals surface area (Å²) in [7, 11) is -2.03. The number of amides is 1. The van der Waals surface area contributed by atoms with Gasteiger partial charge in [-0.1, -0.05) is 17.7 Å². The van der Waals surface area contributed by atoms with Gasteiger partial charge in [0.05, 0.1) is 18.6 Å². The second kappa shape index (κ2) is 8.84. The lowest BCUT2D eigenvalue weighted by molar-refractivity contribution is 0.0697. The summed E-state index contributed by atoms with van der Waals surface area (Å²) in [6, 6.07) is 11.9. The number of carbonyl (C=O) groups excluding carboxylic acids is 1. The third kappa shape index (κ3) is 4.54. The maximum absolute atomic E-state index is 12.9. The van der Waals surface area contributed by atoms with Gasteiger partial charge in [-0.2, -0.15) is 4.31 Å². The molecule has 156 valence electrons. The number of methoxy groups -OCH3 is 1. The van der Waals surface area contributed by atoms with Crippen LogP contribution in [0.4, 0.5) is 0 Å². The highest BCUT2D eigenvalue weighted by Crippen LogP contribution is 2.29. The fourth-order valence-corrected chi connectivity index (χ4v) is 4.67. The van der Waals surface area contributed by atoms with Crippen molar-refractivity contribution in [2.24, 2.45) is 0 Å². The van der Waals surface area contributed by atoms with Crippen molar-refractivity contribution < 1.29 is 22.7 Å². The average molecular weight is 419 g/mol. The summed E-state index contributed by atoms with van der Waals surface area (Å²) < 4.78 is 37.9. The number of ether oxygens (including phenoxy) is 2. The fraction of sp³-hybridized carbons (Fsp3) is 0.381. The Morgan fingerprint density at radius 2 is 1.66 bits per heavy atom. The molecule has 0 aliphatic carbocycles. The molecule has 1 fully saturated rings. The van der Waals surface area contributed by atoms with Gasteiger partial charge >= 0.3 is 0 Å². The largest absolute Gasteiger partial charge is 0.493 e. The van der Waals surface area contributed by atoms with Crippen molar-refractivity contribution in [2.75, 3.05) is 39.9 Å². The molecule has 0 saturated carbocycles. The Morgan fingerprint density at radius 1 is 1.00 bits per heavy atom. The molecule has 2 aromatic carbocycles. The minimum absolute atomic E-state index is 0.154. The van der Waals surface area contributed by atoms with E-state index in [0.717, 1.165) is 5.56 Å². The van der Waals surface area contributed by atoms with E-state index in [1.54, 1.807) is 47.4 Å². The van der Waals surface area contributed by atoms with Crippen molar-refractivity contribution in [3.63, 3.8) is 0 Å².